The van der Waals surface area contributed by atoms with Crippen LogP contribution in [0.5, 0.6) is 0 Å². The Hall–Kier alpha value is -9.62. The molecule has 10 aromatic carbocycles. The number of hydrogen-bond acceptors (Lipinski definition) is 2. The van der Waals surface area contributed by atoms with Crippen molar-refractivity contribution >= 4 is 87.2 Å². The molecule has 0 aliphatic heterocycles. The first kappa shape index (κ1) is 37.7. The molecule has 0 aliphatic rings. The van der Waals surface area contributed by atoms with Crippen molar-refractivity contribution in [1.82, 2.24) is 18.3 Å². The van der Waals surface area contributed by atoms with E-state index in [0.717, 1.165) is 121 Å². The average molecular weight is 865 g/mol. The minimum Gasteiger partial charge on any atom is -0.307 e. The van der Waals surface area contributed by atoms with E-state index in [1.807, 2.05) is 12.1 Å². The van der Waals surface area contributed by atoms with E-state index in [2.05, 4.69) is 231 Å². The summed E-state index contributed by atoms with van der Waals surface area (Å²) >= 11 is 0. The maximum absolute atomic E-state index is 10.8. The zero-order valence-corrected chi connectivity index (χ0v) is 36.5. The van der Waals surface area contributed by atoms with Gasteiger partial charge in [-0.2, -0.15) is 10.5 Å². The summed E-state index contributed by atoms with van der Waals surface area (Å²) in [6.07, 6.45) is 0. The number of para-hydroxylation sites is 8. The van der Waals surface area contributed by atoms with Gasteiger partial charge in [-0.05, 0) is 78.4 Å². The Bertz CT molecular complexity index is 4040. The predicted molar refractivity (Wildman–Crippen MR) is 279 cm³/mol. The average Bonchev–Trinajstić information content (AvgIpc) is 4.13. The molecule has 4 heterocycles. The molecule has 6 nitrogen and oxygen atoms in total. The van der Waals surface area contributed by atoms with Crippen LogP contribution in [0.3, 0.4) is 0 Å². The molecule has 0 saturated carbocycles. The molecular formula is C62H36N6. The normalized spacial score (nSPS) is 11.8. The van der Waals surface area contributed by atoms with Crippen molar-refractivity contribution in [3.63, 3.8) is 0 Å². The largest absolute Gasteiger partial charge is 0.307 e. The van der Waals surface area contributed by atoms with E-state index in [9.17, 15) is 10.5 Å². The molecule has 0 unspecified atom stereocenters. The summed E-state index contributed by atoms with van der Waals surface area (Å²) in [4.78, 5) is 0. The molecule has 0 aliphatic carbocycles. The molecule has 0 amide bonds. The van der Waals surface area contributed by atoms with Crippen molar-refractivity contribution in [3.05, 3.63) is 230 Å². The summed E-state index contributed by atoms with van der Waals surface area (Å²) in [5.74, 6) is 0. The van der Waals surface area contributed by atoms with Gasteiger partial charge in [-0.1, -0.05) is 146 Å². The van der Waals surface area contributed by atoms with Gasteiger partial charge in [0, 0.05) is 48.7 Å². The molecule has 0 N–H and O–H groups in total. The molecule has 314 valence electrons. The summed E-state index contributed by atoms with van der Waals surface area (Å²) in [6, 6.07) is 82.1. The van der Waals surface area contributed by atoms with Crippen LogP contribution in [-0.2, 0) is 0 Å². The van der Waals surface area contributed by atoms with Crippen molar-refractivity contribution in [2.24, 2.45) is 0 Å². The summed E-state index contributed by atoms with van der Waals surface area (Å²) in [5, 5.41) is 30.7. The lowest BCUT2D eigenvalue weighted by molar-refractivity contribution is 1.05. The van der Waals surface area contributed by atoms with E-state index in [-0.39, 0.29) is 0 Å². The monoisotopic (exact) mass is 864 g/mol. The predicted octanol–water partition coefficient (Wildman–Crippen LogP) is 15.5. The number of benzene rings is 10. The molecule has 14 rings (SSSR count). The molecule has 68 heavy (non-hydrogen) atoms. The molecule has 6 heteroatoms. The van der Waals surface area contributed by atoms with Crippen molar-refractivity contribution in [2.45, 2.75) is 0 Å². The molecule has 4 aromatic heterocycles. The zero-order valence-electron chi connectivity index (χ0n) is 36.5. The van der Waals surface area contributed by atoms with Gasteiger partial charge in [0.1, 0.15) is 0 Å². The van der Waals surface area contributed by atoms with Gasteiger partial charge in [0.2, 0.25) is 0 Å². The van der Waals surface area contributed by atoms with Gasteiger partial charge in [0.05, 0.1) is 90.1 Å². The molecule has 0 spiro atoms. The Kier molecular flexibility index (Phi) is 8.01. The Morgan fingerprint density at radius 2 is 0.500 bits per heavy atom. The maximum Gasteiger partial charge on any atom is 0.0992 e. The smallest absolute Gasteiger partial charge is 0.0992 e. The molecule has 0 atom stereocenters. The third-order valence-electron chi connectivity index (χ3n) is 14.0. The fraction of sp³-hybridized carbons (Fsp3) is 0. The lowest BCUT2D eigenvalue weighted by Crippen LogP contribution is -2.13. The Labute approximate surface area is 389 Å². The molecule has 14 aromatic rings. The van der Waals surface area contributed by atoms with Crippen LogP contribution in [0.25, 0.3) is 121 Å². The number of hydrogen-bond donors (Lipinski definition) is 0. The van der Waals surface area contributed by atoms with E-state index in [4.69, 9.17) is 0 Å². The second-order valence-electron chi connectivity index (χ2n) is 17.5. The molecular weight excluding hydrogens is 829 g/mol. The van der Waals surface area contributed by atoms with Gasteiger partial charge in [0.25, 0.3) is 0 Å². The van der Waals surface area contributed by atoms with Gasteiger partial charge in [-0.25, -0.2) is 0 Å². The van der Waals surface area contributed by atoms with Crippen LogP contribution in [0.4, 0.5) is 0 Å². The van der Waals surface area contributed by atoms with Gasteiger partial charge in [0.15, 0.2) is 0 Å². The van der Waals surface area contributed by atoms with E-state index >= 15 is 0 Å². The summed E-state index contributed by atoms with van der Waals surface area (Å²) in [7, 11) is 0. The highest BCUT2D eigenvalue weighted by Crippen LogP contribution is 2.50. The fourth-order valence-electron chi connectivity index (χ4n) is 11.3. The van der Waals surface area contributed by atoms with Crippen LogP contribution in [0, 0.1) is 22.7 Å². The Balaban J connectivity index is 1.35. The van der Waals surface area contributed by atoms with Crippen LogP contribution in [0.15, 0.2) is 218 Å². The first-order valence-electron chi connectivity index (χ1n) is 22.8. The van der Waals surface area contributed by atoms with Crippen LogP contribution in [0.1, 0.15) is 11.1 Å². The van der Waals surface area contributed by atoms with Gasteiger partial charge >= 0.3 is 0 Å². The van der Waals surface area contributed by atoms with E-state index < -0.39 is 0 Å². The van der Waals surface area contributed by atoms with Crippen LogP contribution in [0.2, 0.25) is 0 Å². The topological polar surface area (TPSA) is 67.3 Å². The lowest BCUT2D eigenvalue weighted by atomic mass is 9.94. The van der Waals surface area contributed by atoms with Crippen LogP contribution < -0.4 is 0 Å². The lowest BCUT2D eigenvalue weighted by Gasteiger charge is -2.28. The van der Waals surface area contributed by atoms with E-state index in [1.54, 1.807) is 6.07 Å². The van der Waals surface area contributed by atoms with Crippen molar-refractivity contribution in [1.29, 1.82) is 10.5 Å². The number of fused-ring (bicyclic) bond motifs is 12. The highest BCUT2D eigenvalue weighted by Gasteiger charge is 2.31. The SMILES string of the molecule is N#Cc1cc(C#N)cc(-c2c(-n3c4ccccc4c4ccccc43)c(-n3c4ccccc4c4ccccc43)cc(-n3c4ccccc4c4ccccc43)c2-n2c3ccccc3c3ccccc32)c1. The summed E-state index contributed by atoms with van der Waals surface area (Å²) < 4.78 is 9.72. The van der Waals surface area contributed by atoms with Gasteiger partial charge in [-0.15, -0.1) is 0 Å². The molecule has 0 bridgehead atoms. The van der Waals surface area contributed by atoms with Gasteiger partial charge < -0.3 is 18.3 Å². The number of aromatic nitrogens is 4. The number of nitriles is 2. The van der Waals surface area contributed by atoms with Crippen LogP contribution in [-0.4, -0.2) is 18.3 Å². The Morgan fingerprint density at radius 3 is 0.750 bits per heavy atom. The van der Waals surface area contributed by atoms with Crippen LogP contribution >= 0.6 is 0 Å². The van der Waals surface area contributed by atoms with Crippen molar-refractivity contribution in [3.8, 4) is 46.0 Å². The second kappa shape index (κ2) is 14.4. The standard InChI is InChI=1S/C62H36N6/c63-37-39-33-40(38-64)35-41(34-39)60-61(67-54-29-13-5-21-46(54)47-22-6-14-30-55(47)67)58(65-50-25-9-1-17-42(50)43-18-2-10-26-51(43)65)36-59(66-52-27-11-3-19-44(52)45-20-4-12-28-53(45)66)62(60)68-56-31-15-7-23-48(56)49-24-8-16-32-57(49)68/h1-36H. The third-order valence-corrected chi connectivity index (χ3v) is 14.0. The first-order valence-corrected chi connectivity index (χ1v) is 22.8. The van der Waals surface area contributed by atoms with E-state index in [0.29, 0.717) is 11.1 Å². The highest BCUT2D eigenvalue weighted by atomic mass is 15.1. The van der Waals surface area contributed by atoms with Crippen molar-refractivity contribution < 1.29 is 0 Å². The summed E-state index contributed by atoms with van der Waals surface area (Å²) in [5.41, 5.74) is 14.5. The van der Waals surface area contributed by atoms with E-state index in [1.165, 1.54) is 0 Å². The molecule has 0 fully saturated rings. The minimum absolute atomic E-state index is 0.404. The fourth-order valence-corrected chi connectivity index (χ4v) is 11.3. The third kappa shape index (κ3) is 5.20. The number of nitrogens with zero attached hydrogens (tertiary/aromatic N) is 6. The highest BCUT2D eigenvalue weighted by molar-refractivity contribution is 6.16. The van der Waals surface area contributed by atoms with Gasteiger partial charge in [-0.3, -0.25) is 0 Å². The molecule has 0 saturated heterocycles. The first-order chi connectivity index (χ1) is 33.7. The minimum atomic E-state index is 0.404. The second-order valence-corrected chi connectivity index (χ2v) is 17.5. The zero-order chi connectivity index (χ0) is 45.0. The summed E-state index contributed by atoms with van der Waals surface area (Å²) in [6.45, 7) is 0. The molecule has 0 radical (unpaired) electrons. The number of rotatable bonds is 5. The quantitative estimate of drug-likeness (QED) is 0.173. The van der Waals surface area contributed by atoms with Crippen molar-refractivity contribution in [2.75, 3.05) is 0 Å². The Morgan fingerprint density at radius 1 is 0.265 bits per heavy atom. The maximum atomic E-state index is 10.8.